The van der Waals surface area contributed by atoms with E-state index in [1.165, 1.54) is 0 Å². The predicted molar refractivity (Wildman–Crippen MR) is 87.1 cm³/mol. The van der Waals surface area contributed by atoms with Crippen LogP contribution < -0.4 is 4.90 Å². The quantitative estimate of drug-likeness (QED) is 0.850. The first kappa shape index (κ1) is 15.5. The first-order chi connectivity index (χ1) is 11.1. The largest absolute Gasteiger partial charge is 0.349 e. The van der Waals surface area contributed by atoms with Crippen molar-refractivity contribution < 1.29 is 4.79 Å². The highest BCUT2D eigenvalue weighted by Crippen LogP contribution is 2.22. The van der Waals surface area contributed by atoms with Crippen LogP contribution in [-0.4, -0.2) is 57.0 Å². The van der Waals surface area contributed by atoms with Gasteiger partial charge in [-0.25, -0.2) is 9.97 Å². The molecular weight excluding hydrogens is 292 g/mol. The summed E-state index contributed by atoms with van der Waals surface area (Å²) in [7, 11) is 1.86. The summed E-state index contributed by atoms with van der Waals surface area (Å²) >= 11 is 0. The van der Waals surface area contributed by atoms with Gasteiger partial charge in [-0.3, -0.25) is 9.78 Å². The van der Waals surface area contributed by atoms with Crippen LogP contribution in [-0.2, 0) is 4.79 Å². The summed E-state index contributed by atoms with van der Waals surface area (Å²) in [4.78, 5) is 28.9. The number of hydrogen-bond donors (Lipinski definition) is 0. The molecule has 0 saturated carbocycles. The third-order valence-corrected chi connectivity index (χ3v) is 4.32. The smallest absolute Gasteiger partial charge is 0.242 e. The van der Waals surface area contributed by atoms with Crippen molar-refractivity contribution in [1.82, 2.24) is 24.4 Å². The summed E-state index contributed by atoms with van der Waals surface area (Å²) in [5.41, 5.74) is 0. The average Bonchev–Trinajstić information content (AvgIpc) is 3.02. The van der Waals surface area contributed by atoms with Crippen molar-refractivity contribution in [2.45, 2.75) is 25.8 Å². The first-order valence-electron chi connectivity index (χ1n) is 7.89. The lowest BCUT2D eigenvalue weighted by Crippen LogP contribution is -2.45. The van der Waals surface area contributed by atoms with Gasteiger partial charge in [-0.1, -0.05) is 0 Å². The Balaban J connectivity index is 1.62. The molecule has 0 aliphatic carbocycles. The minimum atomic E-state index is 0.126. The average molecular weight is 314 g/mol. The zero-order valence-electron chi connectivity index (χ0n) is 13.6. The molecule has 2 aromatic heterocycles. The van der Waals surface area contributed by atoms with Crippen LogP contribution in [0.1, 0.15) is 24.7 Å². The molecule has 1 fully saturated rings. The summed E-state index contributed by atoms with van der Waals surface area (Å²) in [6, 6.07) is 0.317. The number of carbonyl (C=O) groups excluding carboxylic acids is 1. The SMILES string of the molecule is Cc1nccn1C1CCCN(C(=O)CN(C)c2cnccn2)C1. The molecule has 2 aromatic rings. The molecule has 1 amide bonds. The Bertz CT molecular complexity index is 656. The second-order valence-electron chi connectivity index (χ2n) is 5.94. The molecule has 3 heterocycles. The van der Waals surface area contributed by atoms with E-state index >= 15 is 0 Å². The molecule has 7 heteroatoms. The van der Waals surface area contributed by atoms with E-state index in [1.807, 2.05) is 36.2 Å². The van der Waals surface area contributed by atoms with Crippen molar-refractivity contribution >= 4 is 11.7 Å². The van der Waals surface area contributed by atoms with Gasteiger partial charge >= 0.3 is 0 Å². The summed E-state index contributed by atoms with van der Waals surface area (Å²) in [5, 5.41) is 0. The lowest BCUT2D eigenvalue weighted by atomic mass is 10.1. The molecular formula is C16H22N6O. The van der Waals surface area contributed by atoms with Crippen LogP contribution >= 0.6 is 0 Å². The molecule has 0 spiro atoms. The molecule has 1 unspecified atom stereocenters. The Hall–Kier alpha value is -2.44. The molecule has 7 nitrogen and oxygen atoms in total. The number of anilines is 1. The van der Waals surface area contributed by atoms with Crippen molar-refractivity contribution in [2.75, 3.05) is 31.6 Å². The van der Waals surface area contributed by atoms with Gasteiger partial charge in [-0.05, 0) is 19.8 Å². The van der Waals surface area contributed by atoms with E-state index < -0.39 is 0 Å². The normalized spacial score (nSPS) is 18.0. The highest BCUT2D eigenvalue weighted by Gasteiger charge is 2.26. The predicted octanol–water partition coefficient (Wildman–Crippen LogP) is 1.28. The second-order valence-corrected chi connectivity index (χ2v) is 5.94. The lowest BCUT2D eigenvalue weighted by Gasteiger charge is -2.34. The number of rotatable bonds is 4. The topological polar surface area (TPSA) is 67.2 Å². The molecule has 1 atom stereocenters. The molecule has 0 aromatic carbocycles. The molecule has 0 radical (unpaired) electrons. The van der Waals surface area contributed by atoms with E-state index in [9.17, 15) is 4.79 Å². The van der Waals surface area contributed by atoms with Gasteiger partial charge in [-0.15, -0.1) is 0 Å². The van der Waals surface area contributed by atoms with Crippen molar-refractivity contribution in [2.24, 2.45) is 0 Å². The second kappa shape index (κ2) is 6.76. The molecule has 0 bridgehead atoms. The highest BCUT2D eigenvalue weighted by atomic mass is 16.2. The summed E-state index contributed by atoms with van der Waals surface area (Å²) in [6.07, 6.45) is 10.8. The fourth-order valence-electron chi connectivity index (χ4n) is 3.05. The van der Waals surface area contributed by atoms with Gasteiger partial charge < -0.3 is 14.4 Å². The Kier molecular flexibility index (Phi) is 4.55. The number of hydrogen-bond acceptors (Lipinski definition) is 5. The van der Waals surface area contributed by atoms with Crippen LogP contribution in [0.25, 0.3) is 0 Å². The molecule has 3 rings (SSSR count). The van der Waals surface area contributed by atoms with Crippen LogP contribution in [0.2, 0.25) is 0 Å². The Morgan fingerprint density at radius 1 is 1.35 bits per heavy atom. The van der Waals surface area contributed by atoms with Crippen LogP contribution in [0.5, 0.6) is 0 Å². The third kappa shape index (κ3) is 3.49. The molecule has 1 saturated heterocycles. The first-order valence-corrected chi connectivity index (χ1v) is 7.89. The van der Waals surface area contributed by atoms with Crippen LogP contribution in [0.15, 0.2) is 31.0 Å². The van der Waals surface area contributed by atoms with Crippen LogP contribution in [0, 0.1) is 6.92 Å². The number of nitrogens with zero attached hydrogens (tertiary/aromatic N) is 6. The fourth-order valence-corrected chi connectivity index (χ4v) is 3.05. The van der Waals surface area contributed by atoms with Gasteiger partial charge in [0, 0.05) is 44.9 Å². The van der Waals surface area contributed by atoms with E-state index in [2.05, 4.69) is 19.5 Å². The van der Waals surface area contributed by atoms with Crippen molar-refractivity contribution in [3.8, 4) is 0 Å². The maximum absolute atomic E-state index is 12.6. The van der Waals surface area contributed by atoms with E-state index in [0.29, 0.717) is 18.4 Å². The monoisotopic (exact) mass is 314 g/mol. The number of piperidine rings is 1. The molecule has 23 heavy (non-hydrogen) atoms. The van der Waals surface area contributed by atoms with Crippen molar-refractivity contribution in [3.63, 3.8) is 0 Å². The fraction of sp³-hybridized carbons (Fsp3) is 0.500. The number of imidazole rings is 1. The van der Waals surface area contributed by atoms with Gasteiger partial charge in [0.1, 0.15) is 11.6 Å². The maximum atomic E-state index is 12.6. The van der Waals surface area contributed by atoms with E-state index in [0.717, 1.165) is 31.8 Å². The van der Waals surface area contributed by atoms with E-state index in [1.54, 1.807) is 18.6 Å². The van der Waals surface area contributed by atoms with Gasteiger partial charge in [0.2, 0.25) is 5.91 Å². The summed E-state index contributed by atoms with van der Waals surface area (Å²) in [5.74, 6) is 1.83. The third-order valence-electron chi connectivity index (χ3n) is 4.32. The minimum absolute atomic E-state index is 0.126. The van der Waals surface area contributed by atoms with Crippen molar-refractivity contribution in [1.29, 1.82) is 0 Å². The van der Waals surface area contributed by atoms with Gasteiger partial charge in [0.25, 0.3) is 0 Å². The maximum Gasteiger partial charge on any atom is 0.242 e. The summed E-state index contributed by atoms with van der Waals surface area (Å²) in [6.45, 7) is 3.87. The highest BCUT2D eigenvalue weighted by molar-refractivity contribution is 5.81. The van der Waals surface area contributed by atoms with Gasteiger partial charge in [0.05, 0.1) is 18.8 Å². The summed E-state index contributed by atoms with van der Waals surface area (Å²) < 4.78 is 2.17. The van der Waals surface area contributed by atoms with Crippen molar-refractivity contribution in [3.05, 3.63) is 36.8 Å². The standard InChI is InChI=1S/C16H22N6O/c1-13-18-7-9-22(13)14-4-3-8-21(11-14)16(23)12-20(2)15-10-17-5-6-19-15/h5-7,9-10,14H,3-4,8,11-12H2,1-2H3. The minimum Gasteiger partial charge on any atom is -0.349 e. The number of aryl methyl sites for hydroxylation is 1. The molecule has 1 aliphatic rings. The molecule has 1 aliphatic heterocycles. The number of likely N-dealkylation sites (tertiary alicyclic amines) is 1. The number of amides is 1. The zero-order chi connectivity index (χ0) is 16.2. The van der Waals surface area contributed by atoms with E-state index in [-0.39, 0.29) is 5.91 Å². The zero-order valence-corrected chi connectivity index (χ0v) is 13.6. The molecule has 0 N–H and O–H groups in total. The van der Waals surface area contributed by atoms with Crippen LogP contribution in [0.4, 0.5) is 5.82 Å². The van der Waals surface area contributed by atoms with Gasteiger partial charge in [0.15, 0.2) is 0 Å². The van der Waals surface area contributed by atoms with Crippen LogP contribution in [0.3, 0.4) is 0 Å². The number of likely N-dealkylation sites (N-methyl/N-ethyl adjacent to an activating group) is 1. The Labute approximate surface area is 136 Å². The van der Waals surface area contributed by atoms with E-state index in [4.69, 9.17) is 0 Å². The Morgan fingerprint density at radius 3 is 2.91 bits per heavy atom. The number of carbonyl (C=O) groups is 1. The lowest BCUT2D eigenvalue weighted by molar-refractivity contribution is -0.131. The van der Waals surface area contributed by atoms with Gasteiger partial charge in [-0.2, -0.15) is 0 Å². The Morgan fingerprint density at radius 2 is 2.22 bits per heavy atom. The number of aromatic nitrogens is 4. The molecule has 122 valence electrons.